The predicted octanol–water partition coefficient (Wildman–Crippen LogP) is 5.12. The average molecular weight is 686 g/mol. The van der Waals surface area contributed by atoms with E-state index >= 15 is 0 Å². The molecule has 1 saturated heterocycles. The zero-order valence-electron chi connectivity index (χ0n) is 25.3. The molecule has 0 unspecified atom stereocenters. The van der Waals surface area contributed by atoms with Gasteiger partial charge in [0.05, 0.1) is 24.0 Å². The second kappa shape index (κ2) is 13.6. The number of likely N-dealkylation sites (tertiary alicyclic amines) is 1. The highest BCUT2D eigenvalue weighted by Gasteiger charge is 2.53. The van der Waals surface area contributed by atoms with E-state index in [9.17, 15) is 22.8 Å². The van der Waals surface area contributed by atoms with E-state index < -0.39 is 57.5 Å². The molecular formula is C33H37BrN2O7S. The Bertz CT molecular complexity index is 1590. The number of esters is 2. The Balaban J connectivity index is 1.83. The zero-order valence-corrected chi connectivity index (χ0v) is 27.7. The Hall–Kier alpha value is -3.54. The van der Waals surface area contributed by atoms with Gasteiger partial charge < -0.3 is 14.4 Å². The molecule has 1 amide bonds. The first-order valence-corrected chi connectivity index (χ1v) is 16.5. The minimum atomic E-state index is -4.17. The monoisotopic (exact) mass is 684 g/mol. The van der Waals surface area contributed by atoms with Gasteiger partial charge in [0.25, 0.3) is 0 Å². The average Bonchev–Trinajstić information content (AvgIpc) is 3.37. The maximum absolute atomic E-state index is 14.7. The van der Waals surface area contributed by atoms with Gasteiger partial charge in [-0.1, -0.05) is 76.1 Å². The van der Waals surface area contributed by atoms with Crippen LogP contribution < -0.4 is 4.72 Å². The van der Waals surface area contributed by atoms with Gasteiger partial charge in [0.2, 0.25) is 15.9 Å². The number of amides is 1. The molecule has 0 radical (unpaired) electrons. The number of rotatable bonds is 9. The lowest BCUT2D eigenvalue weighted by molar-refractivity contribution is -0.161. The first kappa shape index (κ1) is 33.4. The molecule has 1 fully saturated rings. The molecule has 1 heterocycles. The third kappa shape index (κ3) is 7.94. The van der Waals surface area contributed by atoms with Gasteiger partial charge in [0.15, 0.2) is 0 Å². The van der Waals surface area contributed by atoms with Crippen molar-refractivity contribution in [2.24, 2.45) is 5.92 Å². The van der Waals surface area contributed by atoms with Gasteiger partial charge in [-0.15, -0.1) is 0 Å². The van der Waals surface area contributed by atoms with Crippen molar-refractivity contribution in [2.45, 2.75) is 69.2 Å². The quantitative estimate of drug-likeness (QED) is 0.311. The van der Waals surface area contributed by atoms with E-state index in [0.717, 1.165) is 10.0 Å². The van der Waals surface area contributed by atoms with Gasteiger partial charge in [0, 0.05) is 4.47 Å². The predicted molar refractivity (Wildman–Crippen MR) is 169 cm³/mol. The smallest absolute Gasteiger partial charge is 0.328 e. The van der Waals surface area contributed by atoms with Gasteiger partial charge in [-0.2, -0.15) is 4.72 Å². The number of nitrogens with one attached hydrogen (secondary N) is 1. The molecule has 1 N–H and O–H groups in total. The van der Waals surface area contributed by atoms with Crippen molar-refractivity contribution in [3.8, 4) is 0 Å². The van der Waals surface area contributed by atoms with Gasteiger partial charge in [-0.25, -0.2) is 13.2 Å². The van der Waals surface area contributed by atoms with E-state index in [4.69, 9.17) is 9.47 Å². The van der Waals surface area contributed by atoms with E-state index in [-0.39, 0.29) is 17.7 Å². The van der Waals surface area contributed by atoms with Crippen LogP contribution in [0.2, 0.25) is 0 Å². The second-order valence-electron chi connectivity index (χ2n) is 11.8. The van der Waals surface area contributed by atoms with Crippen molar-refractivity contribution in [1.29, 1.82) is 0 Å². The first-order chi connectivity index (χ1) is 20.7. The number of ether oxygens (including phenoxy) is 2. The molecule has 234 valence electrons. The molecule has 1 aliphatic heterocycles. The molecule has 4 atom stereocenters. The SMILES string of the molecule is COC(=O)[C@H]1C[C@@H](C(=O)OC(C)(C)C)[C@@H](c2ccc(Br)cc2)N1C(=O)[C@H](Cc1ccccc1)NS(=O)(=O)c1ccc(C)cc1. The number of hydrogen-bond donors (Lipinski definition) is 1. The Morgan fingerprint density at radius 2 is 1.57 bits per heavy atom. The molecule has 0 spiro atoms. The van der Waals surface area contributed by atoms with Crippen LogP contribution in [0.1, 0.15) is 49.9 Å². The molecule has 11 heteroatoms. The maximum atomic E-state index is 14.7. The van der Waals surface area contributed by atoms with E-state index in [2.05, 4.69) is 20.7 Å². The molecule has 0 bridgehead atoms. The van der Waals surface area contributed by atoms with Gasteiger partial charge in [-0.3, -0.25) is 9.59 Å². The number of benzene rings is 3. The standard InChI is InChI=1S/C33H37BrN2O7S/c1-21-11-17-25(18-12-21)44(40,41)35-27(19-22-9-7-6-8-10-22)30(37)36-28(32(39)42-5)20-26(31(38)43-33(2,3)4)29(36)23-13-15-24(34)16-14-23/h6-18,26-29,35H,19-20H2,1-5H3/t26-,27+,28-,29-/m1/s1. The van der Waals surface area contributed by atoms with E-state index in [1.54, 1.807) is 81.4 Å². The van der Waals surface area contributed by atoms with Gasteiger partial charge in [0.1, 0.15) is 17.7 Å². The highest BCUT2D eigenvalue weighted by molar-refractivity contribution is 9.10. The molecule has 1 aliphatic rings. The van der Waals surface area contributed by atoms with Crippen LogP contribution in [-0.2, 0) is 40.3 Å². The Kier molecular flexibility index (Phi) is 10.3. The third-order valence-electron chi connectivity index (χ3n) is 7.35. The van der Waals surface area contributed by atoms with Crippen molar-refractivity contribution < 1.29 is 32.3 Å². The minimum Gasteiger partial charge on any atom is -0.467 e. The minimum absolute atomic E-state index is 0.000675. The number of carbonyl (C=O) groups excluding carboxylic acids is 3. The lowest BCUT2D eigenvalue weighted by atomic mass is 9.92. The summed E-state index contributed by atoms with van der Waals surface area (Å²) in [6, 6.07) is 18.9. The topological polar surface area (TPSA) is 119 Å². The fourth-order valence-electron chi connectivity index (χ4n) is 5.34. The molecule has 4 rings (SSSR count). The summed E-state index contributed by atoms with van der Waals surface area (Å²) in [6.07, 6.45) is -0.0594. The van der Waals surface area contributed by atoms with Crippen molar-refractivity contribution in [2.75, 3.05) is 7.11 Å². The number of methoxy groups -OCH3 is 1. The number of hydrogen-bond acceptors (Lipinski definition) is 7. The second-order valence-corrected chi connectivity index (χ2v) is 14.5. The summed E-state index contributed by atoms with van der Waals surface area (Å²) in [7, 11) is -2.96. The summed E-state index contributed by atoms with van der Waals surface area (Å²) >= 11 is 3.43. The van der Waals surface area contributed by atoms with Crippen LogP contribution in [-0.4, -0.2) is 56.0 Å². The van der Waals surface area contributed by atoms with Crippen molar-refractivity contribution >= 4 is 43.8 Å². The Morgan fingerprint density at radius 3 is 2.14 bits per heavy atom. The van der Waals surface area contributed by atoms with Crippen molar-refractivity contribution in [3.05, 3.63) is 100 Å². The van der Waals surface area contributed by atoms with Crippen LogP contribution in [0, 0.1) is 12.8 Å². The number of carbonyl (C=O) groups is 3. The Labute approximate surface area is 267 Å². The molecule has 0 saturated carbocycles. The van der Waals surface area contributed by atoms with E-state index in [1.165, 1.54) is 24.1 Å². The van der Waals surface area contributed by atoms with Crippen molar-refractivity contribution in [3.63, 3.8) is 0 Å². The number of nitrogens with zero attached hydrogens (tertiary/aromatic N) is 1. The molecule has 0 aliphatic carbocycles. The van der Waals surface area contributed by atoms with Gasteiger partial charge in [-0.05, 0) is 75.9 Å². The number of halogens is 1. The highest BCUT2D eigenvalue weighted by Crippen LogP contribution is 2.43. The van der Waals surface area contributed by atoms with Gasteiger partial charge >= 0.3 is 11.9 Å². The maximum Gasteiger partial charge on any atom is 0.328 e. The molecular weight excluding hydrogens is 648 g/mol. The lowest BCUT2D eigenvalue weighted by Gasteiger charge is -2.34. The largest absolute Gasteiger partial charge is 0.467 e. The molecule has 3 aromatic rings. The first-order valence-electron chi connectivity index (χ1n) is 14.2. The summed E-state index contributed by atoms with van der Waals surface area (Å²) in [5, 5.41) is 0. The molecule has 9 nitrogen and oxygen atoms in total. The van der Waals surface area contributed by atoms with Crippen LogP contribution in [0.25, 0.3) is 0 Å². The lowest BCUT2D eigenvalue weighted by Crippen LogP contribution is -2.53. The number of sulfonamides is 1. The normalized spacial score (nSPS) is 19.3. The van der Waals surface area contributed by atoms with Crippen LogP contribution in [0.4, 0.5) is 0 Å². The van der Waals surface area contributed by atoms with Crippen molar-refractivity contribution in [1.82, 2.24) is 9.62 Å². The highest BCUT2D eigenvalue weighted by atomic mass is 79.9. The van der Waals surface area contributed by atoms with Crippen LogP contribution >= 0.6 is 15.9 Å². The summed E-state index contributed by atoms with van der Waals surface area (Å²) in [6.45, 7) is 7.07. The Morgan fingerprint density at radius 1 is 0.955 bits per heavy atom. The summed E-state index contributed by atoms with van der Waals surface area (Å²) in [4.78, 5) is 42.8. The van der Waals surface area contributed by atoms with Crippen LogP contribution in [0.3, 0.4) is 0 Å². The van der Waals surface area contributed by atoms with E-state index in [1.807, 2.05) is 13.0 Å². The molecule has 0 aromatic heterocycles. The fourth-order valence-corrected chi connectivity index (χ4v) is 6.80. The molecule has 44 heavy (non-hydrogen) atoms. The summed E-state index contributed by atoms with van der Waals surface area (Å²) in [5.41, 5.74) is 1.35. The molecule has 3 aromatic carbocycles. The third-order valence-corrected chi connectivity index (χ3v) is 9.37. The van der Waals surface area contributed by atoms with Crippen LogP contribution in [0.5, 0.6) is 0 Å². The van der Waals surface area contributed by atoms with E-state index in [0.29, 0.717) is 11.1 Å². The van der Waals surface area contributed by atoms with Crippen LogP contribution in [0.15, 0.2) is 88.2 Å². The summed E-state index contributed by atoms with van der Waals surface area (Å²) < 4.78 is 41.4. The summed E-state index contributed by atoms with van der Waals surface area (Å²) in [5.74, 6) is -2.88. The fraction of sp³-hybridized carbons (Fsp3) is 0.364. The number of aryl methyl sites for hydroxylation is 1. The zero-order chi connectivity index (χ0) is 32.2.